The van der Waals surface area contributed by atoms with Gasteiger partial charge in [-0.05, 0) is 11.8 Å². The second-order valence-corrected chi connectivity index (χ2v) is 4.26. The Morgan fingerprint density at radius 3 is 2.27 bits per heavy atom. The monoisotopic (exact) mass is 213 g/mol. The topological polar surface area (TPSA) is 72.2 Å². The van der Waals surface area contributed by atoms with Crippen molar-refractivity contribution >= 4 is 12.2 Å². The lowest BCUT2D eigenvalue weighted by Gasteiger charge is -2.21. The zero-order valence-electron chi connectivity index (χ0n) is 9.91. The fourth-order valence-corrected chi connectivity index (χ4v) is 1.09. The van der Waals surface area contributed by atoms with Crippen LogP contribution in [0.1, 0.15) is 34.1 Å². The first kappa shape index (κ1) is 14.1. The predicted molar refractivity (Wildman–Crippen MR) is 59.9 cm³/mol. The lowest BCUT2D eigenvalue weighted by molar-refractivity contribution is -0.123. The van der Waals surface area contributed by atoms with Crippen molar-refractivity contribution in [2.24, 2.45) is 17.6 Å². The Bertz CT molecular complexity index is 217. The van der Waals surface area contributed by atoms with Crippen molar-refractivity contribution < 1.29 is 9.59 Å². The van der Waals surface area contributed by atoms with Crippen LogP contribution in [0.3, 0.4) is 0 Å². The standard InChI is InChI=1S/C11H21N2O2/c1-5-8(4)10(12)11(15)13-9(6-14)7(2)3/h7-10H,5,12H2,1-4H3,(H,13,15)/t8-,9+,10-/m0/s1. The minimum Gasteiger partial charge on any atom is -0.344 e. The van der Waals surface area contributed by atoms with Crippen LogP contribution in [0.15, 0.2) is 0 Å². The lowest BCUT2D eigenvalue weighted by atomic mass is 9.98. The number of amides is 1. The predicted octanol–water partition coefficient (Wildman–Crippen LogP) is 0.610. The number of rotatable bonds is 6. The average Bonchev–Trinajstić information content (AvgIpc) is 2.22. The molecule has 0 rings (SSSR count). The molecule has 0 aromatic carbocycles. The van der Waals surface area contributed by atoms with E-state index in [9.17, 15) is 9.59 Å². The molecule has 87 valence electrons. The summed E-state index contributed by atoms with van der Waals surface area (Å²) in [5, 5.41) is 2.59. The molecular weight excluding hydrogens is 192 g/mol. The second kappa shape index (κ2) is 6.56. The van der Waals surface area contributed by atoms with Crippen LogP contribution in [-0.4, -0.2) is 24.3 Å². The molecule has 0 aliphatic carbocycles. The molecule has 0 saturated heterocycles. The van der Waals surface area contributed by atoms with Gasteiger partial charge in [0.1, 0.15) is 0 Å². The SMILES string of the molecule is CC[C@H](C)[C@H](N)C(=O)N[C@H]([C]=O)C(C)C. The number of nitrogens with one attached hydrogen (secondary N) is 1. The van der Waals surface area contributed by atoms with Crippen molar-refractivity contribution in [3.05, 3.63) is 0 Å². The number of nitrogens with two attached hydrogens (primary N) is 1. The number of carbonyl (C=O) groups excluding carboxylic acids is 2. The first-order valence-corrected chi connectivity index (χ1v) is 5.37. The fourth-order valence-electron chi connectivity index (χ4n) is 1.09. The van der Waals surface area contributed by atoms with Gasteiger partial charge in [-0.1, -0.05) is 34.1 Å². The van der Waals surface area contributed by atoms with E-state index in [-0.39, 0.29) is 17.7 Å². The van der Waals surface area contributed by atoms with E-state index in [0.717, 1.165) is 6.42 Å². The van der Waals surface area contributed by atoms with Crippen molar-refractivity contribution in [3.63, 3.8) is 0 Å². The van der Waals surface area contributed by atoms with Gasteiger partial charge in [0.15, 0.2) is 0 Å². The zero-order valence-corrected chi connectivity index (χ0v) is 9.91. The summed E-state index contributed by atoms with van der Waals surface area (Å²) in [6.45, 7) is 7.60. The third kappa shape index (κ3) is 4.42. The normalized spacial score (nSPS) is 16.9. The van der Waals surface area contributed by atoms with E-state index < -0.39 is 12.1 Å². The summed E-state index contributed by atoms with van der Waals surface area (Å²) in [5.74, 6) is -0.119. The fraction of sp³-hybridized carbons (Fsp3) is 0.818. The Hall–Kier alpha value is -0.900. The van der Waals surface area contributed by atoms with E-state index in [2.05, 4.69) is 5.32 Å². The molecule has 0 fully saturated rings. The Balaban J connectivity index is 4.28. The van der Waals surface area contributed by atoms with Crippen LogP contribution < -0.4 is 11.1 Å². The van der Waals surface area contributed by atoms with Crippen LogP contribution in [0.5, 0.6) is 0 Å². The number of hydrogen-bond acceptors (Lipinski definition) is 3. The second-order valence-electron chi connectivity index (χ2n) is 4.26. The van der Waals surface area contributed by atoms with Gasteiger partial charge in [0.05, 0.1) is 12.1 Å². The smallest absolute Gasteiger partial charge is 0.237 e. The summed E-state index contributed by atoms with van der Waals surface area (Å²) in [4.78, 5) is 22.2. The minimum atomic E-state index is -0.562. The van der Waals surface area contributed by atoms with E-state index in [4.69, 9.17) is 5.73 Å². The highest BCUT2D eigenvalue weighted by Gasteiger charge is 2.23. The van der Waals surface area contributed by atoms with E-state index in [1.807, 2.05) is 27.7 Å². The van der Waals surface area contributed by atoms with Crippen molar-refractivity contribution in [3.8, 4) is 0 Å². The molecule has 4 heteroatoms. The van der Waals surface area contributed by atoms with Crippen LogP contribution >= 0.6 is 0 Å². The van der Waals surface area contributed by atoms with E-state index in [0.29, 0.717) is 0 Å². The van der Waals surface area contributed by atoms with E-state index in [1.54, 1.807) is 6.29 Å². The van der Waals surface area contributed by atoms with Gasteiger partial charge in [-0.3, -0.25) is 9.59 Å². The largest absolute Gasteiger partial charge is 0.344 e. The lowest BCUT2D eigenvalue weighted by Crippen LogP contribution is -2.50. The zero-order chi connectivity index (χ0) is 12.0. The summed E-state index contributed by atoms with van der Waals surface area (Å²) in [5.41, 5.74) is 5.73. The van der Waals surface area contributed by atoms with E-state index in [1.165, 1.54) is 0 Å². The molecule has 0 spiro atoms. The third-order valence-electron chi connectivity index (χ3n) is 2.65. The molecule has 3 atom stereocenters. The maximum Gasteiger partial charge on any atom is 0.237 e. The number of hydrogen-bond donors (Lipinski definition) is 2. The highest BCUT2D eigenvalue weighted by Crippen LogP contribution is 2.06. The maximum atomic E-state index is 11.6. The quantitative estimate of drug-likeness (QED) is 0.679. The average molecular weight is 213 g/mol. The van der Waals surface area contributed by atoms with Crippen molar-refractivity contribution in [2.75, 3.05) is 0 Å². The molecule has 1 radical (unpaired) electrons. The Labute approximate surface area is 91.6 Å². The van der Waals surface area contributed by atoms with Gasteiger partial charge in [-0.25, -0.2) is 0 Å². The summed E-state index contributed by atoms with van der Waals surface area (Å²) >= 11 is 0. The van der Waals surface area contributed by atoms with Crippen molar-refractivity contribution in [1.82, 2.24) is 5.32 Å². The molecule has 0 bridgehead atoms. The third-order valence-corrected chi connectivity index (χ3v) is 2.65. The van der Waals surface area contributed by atoms with Gasteiger partial charge < -0.3 is 11.1 Å². The summed E-state index contributed by atoms with van der Waals surface area (Å²) in [7, 11) is 0. The molecule has 1 amide bonds. The van der Waals surface area contributed by atoms with E-state index >= 15 is 0 Å². The minimum absolute atomic E-state index is 0.0376. The Kier molecular flexibility index (Phi) is 6.17. The molecule has 3 N–H and O–H groups in total. The van der Waals surface area contributed by atoms with Gasteiger partial charge in [-0.2, -0.15) is 0 Å². The molecular formula is C11H21N2O2. The van der Waals surface area contributed by atoms with Gasteiger partial charge in [0.2, 0.25) is 12.2 Å². The molecule has 0 aromatic heterocycles. The highest BCUT2D eigenvalue weighted by molar-refractivity contribution is 5.84. The first-order valence-electron chi connectivity index (χ1n) is 5.37. The molecule has 0 aromatic rings. The van der Waals surface area contributed by atoms with Gasteiger partial charge >= 0.3 is 0 Å². The maximum absolute atomic E-state index is 11.6. The molecule has 0 heterocycles. The molecule has 0 aliphatic heterocycles. The van der Waals surface area contributed by atoms with Crippen LogP contribution in [0.25, 0.3) is 0 Å². The molecule has 0 aliphatic rings. The summed E-state index contributed by atoms with van der Waals surface area (Å²) in [6.07, 6.45) is 2.65. The summed E-state index contributed by atoms with van der Waals surface area (Å²) < 4.78 is 0. The summed E-state index contributed by atoms with van der Waals surface area (Å²) in [6, 6.07) is -1.11. The first-order chi connectivity index (χ1) is 6.93. The highest BCUT2D eigenvalue weighted by atomic mass is 16.2. The van der Waals surface area contributed by atoms with Gasteiger partial charge in [0, 0.05) is 0 Å². The van der Waals surface area contributed by atoms with Crippen LogP contribution in [0.4, 0.5) is 0 Å². The van der Waals surface area contributed by atoms with Gasteiger partial charge in [0.25, 0.3) is 0 Å². The van der Waals surface area contributed by atoms with Crippen molar-refractivity contribution in [2.45, 2.75) is 46.2 Å². The molecule has 4 nitrogen and oxygen atoms in total. The van der Waals surface area contributed by atoms with Crippen LogP contribution in [-0.2, 0) is 9.59 Å². The molecule has 0 saturated carbocycles. The Morgan fingerprint density at radius 2 is 1.93 bits per heavy atom. The van der Waals surface area contributed by atoms with Crippen molar-refractivity contribution in [1.29, 1.82) is 0 Å². The van der Waals surface area contributed by atoms with Gasteiger partial charge in [-0.15, -0.1) is 0 Å². The molecule has 0 unspecified atom stereocenters. The number of carbonyl (C=O) groups is 1. The van der Waals surface area contributed by atoms with Crippen LogP contribution in [0, 0.1) is 11.8 Å². The Morgan fingerprint density at radius 1 is 1.40 bits per heavy atom. The van der Waals surface area contributed by atoms with Crippen LogP contribution in [0.2, 0.25) is 0 Å². The molecule has 15 heavy (non-hydrogen) atoms.